The molecule has 0 aliphatic carbocycles. The number of rotatable bonds is 16. The number of hydrogen-bond donors (Lipinski definition) is 1. The molecule has 0 aromatic rings. The van der Waals surface area contributed by atoms with Gasteiger partial charge in [0.1, 0.15) is 0 Å². The maximum Gasteiger partial charge on any atom is 0.0991 e. The zero-order valence-electron chi connectivity index (χ0n) is 16.0. The highest BCUT2D eigenvalue weighted by Crippen LogP contribution is 2.14. The first kappa shape index (κ1) is 21.2. The van der Waals surface area contributed by atoms with Crippen molar-refractivity contribution in [2.75, 3.05) is 26.2 Å². The van der Waals surface area contributed by atoms with Crippen LogP contribution in [0.15, 0.2) is 17.1 Å². The Kier molecular flexibility index (Phi) is 13.9. The van der Waals surface area contributed by atoms with Crippen LogP contribution in [-0.2, 0) is 0 Å². The van der Waals surface area contributed by atoms with Crippen LogP contribution in [0.2, 0.25) is 0 Å². The number of β-amino-alcohol motifs (C(OH)–C–C–N with tert-alkyl or cyclic N) is 1. The zero-order chi connectivity index (χ0) is 17.3. The first-order chi connectivity index (χ1) is 11.9. The Morgan fingerprint density at radius 2 is 1.50 bits per heavy atom. The molecule has 0 unspecified atom stereocenters. The molecule has 3 nitrogen and oxygen atoms in total. The fraction of sp³-hybridized carbons (Fsp3) is 0.857. The Balaban J connectivity index is 1.79. The minimum atomic E-state index is 0.245. The van der Waals surface area contributed by atoms with Crippen LogP contribution in [0.5, 0.6) is 0 Å². The van der Waals surface area contributed by atoms with Crippen LogP contribution in [-0.4, -0.2) is 42.1 Å². The fourth-order valence-corrected chi connectivity index (χ4v) is 3.43. The molecule has 1 aliphatic heterocycles. The zero-order valence-corrected chi connectivity index (χ0v) is 16.0. The molecule has 1 N–H and O–H groups in total. The van der Waals surface area contributed by atoms with Gasteiger partial charge in [0.2, 0.25) is 0 Å². The highest BCUT2D eigenvalue weighted by atomic mass is 16.3. The van der Waals surface area contributed by atoms with Crippen LogP contribution in [0, 0.1) is 0 Å². The van der Waals surface area contributed by atoms with E-state index in [1.165, 1.54) is 82.9 Å². The van der Waals surface area contributed by atoms with Crippen molar-refractivity contribution in [3.8, 4) is 0 Å². The van der Waals surface area contributed by atoms with Crippen molar-refractivity contribution in [1.82, 2.24) is 4.90 Å². The van der Waals surface area contributed by atoms with Crippen molar-refractivity contribution in [3.63, 3.8) is 0 Å². The molecule has 0 radical (unpaired) electrons. The topological polar surface area (TPSA) is 35.8 Å². The van der Waals surface area contributed by atoms with E-state index in [4.69, 9.17) is 5.11 Å². The second-order valence-electron chi connectivity index (χ2n) is 7.01. The maximum absolute atomic E-state index is 9.04. The van der Waals surface area contributed by atoms with Crippen LogP contribution in [0.4, 0.5) is 0 Å². The molecule has 0 atom stereocenters. The molecule has 1 heterocycles. The lowest BCUT2D eigenvalue weighted by Crippen LogP contribution is -2.30. The molecule has 0 fully saturated rings. The molecule has 0 saturated heterocycles. The predicted octanol–water partition coefficient (Wildman–Crippen LogP) is 5.34. The van der Waals surface area contributed by atoms with E-state index in [2.05, 4.69) is 29.0 Å². The Labute approximate surface area is 150 Å². The van der Waals surface area contributed by atoms with E-state index >= 15 is 0 Å². The summed E-state index contributed by atoms with van der Waals surface area (Å²) in [5, 5.41) is 9.04. The average Bonchev–Trinajstić information content (AvgIpc) is 3.03. The molecule has 0 bridgehead atoms. The summed E-state index contributed by atoms with van der Waals surface area (Å²) in [6, 6.07) is 0. The molecule has 1 aliphatic rings. The average molecular weight is 337 g/mol. The summed E-state index contributed by atoms with van der Waals surface area (Å²) < 4.78 is 0. The first-order valence-corrected chi connectivity index (χ1v) is 10.4. The highest BCUT2D eigenvalue weighted by Gasteiger charge is 2.14. The van der Waals surface area contributed by atoms with Crippen molar-refractivity contribution >= 4 is 5.84 Å². The standard InChI is InChI=1S/C21H40N2O/c1-2-3-4-5-6-7-8-9-10-11-12-13-14-15-16-21-22-17-18-23(21)19-20-24/h2-3,24H,4-20H2,1H3/b3-2+. The molecule has 0 spiro atoms. The van der Waals surface area contributed by atoms with Gasteiger partial charge in [-0.15, -0.1) is 0 Å². The van der Waals surface area contributed by atoms with Gasteiger partial charge in [0.15, 0.2) is 0 Å². The molecular formula is C21H40N2O. The van der Waals surface area contributed by atoms with Crippen LogP contribution >= 0.6 is 0 Å². The summed E-state index contributed by atoms with van der Waals surface area (Å²) in [4.78, 5) is 6.81. The van der Waals surface area contributed by atoms with Crippen LogP contribution < -0.4 is 0 Å². The van der Waals surface area contributed by atoms with E-state index < -0.39 is 0 Å². The largest absolute Gasteiger partial charge is 0.395 e. The number of unbranched alkanes of at least 4 members (excludes halogenated alkanes) is 11. The van der Waals surface area contributed by atoms with Crippen LogP contribution in [0.25, 0.3) is 0 Å². The monoisotopic (exact) mass is 336 g/mol. The lowest BCUT2D eigenvalue weighted by Gasteiger charge is -2.18. The van der Waals surface area contributed by atoms with Gasteiger partial charge in [-0.3, -0.25) is 4.99 Å². The first-order valence-electron chi connectivity index (χ1n) is 10.4. The third kappa shape index (κ3) is 10.9. The van der Waals surface area contributed by atoms with E-state index in [0.717, 1.165) is 26.1 Å². The van der Waals surface area contributed by atoms with E-state index in [1.807, 2.05) is 0 Å². The second kappa shape index (κ2) is 15.7. The van der Waals surface area contributed by atoms with Gasteiger partial charge >= 0.3 is 0 Å². The van der Waals surface area contributed by atoms with E-state index in [1.54, 1.807) is 0 Å². The molecule has 140 valence electrons. The lowest BCUT2D eigenvalue weighted by molar-refractivity contribution is 0.255. The number of aliphatic hydroxyl groups excluding tert-OH is 1. The van der Waals surface area contributed by atoms with Gasteiger partial charge < -0.3 is 10.0 Å². The minimum Gasteiger partial charge on any atom is -0.395 e. The third-order valence-electron chi connectivity index (χ3n) is 4.91. The molecule has 24 heavy (non-hydrogen) atoms. The van der Waals surface area contributed by atoms with Crippen molar-refractivity contribution in [2.45, 2.75) is 90.4 Å². The summed E-state index contributed by atoms with van der Waals surface area (Å²) >= 11 is 0. The van der Waals surface area contributed by atoms with Gasteiger partial charge in [0, 0.05) is 19.5 Å². The van der Waals surface area contributed by atoms with Crippen molar-refractivity contribution < 1.29 is 5.11 Å². The van der Waals surface area contributed by atoms with Crippen LogP contribution in [0.1, 0.15) is 90.4 Å². The number of hydrogen-bond acceptors (Lipinski definition) is 3. The fourth-order valence-electron chi connectivity index (χ4n) is 3.43. The van der Waals surface area contributed by atoms with E-state index in [-0.39, 0.29) is 6.61 Å². The Morgan fingerprint density at radius 3 is 2.08 bits per heavy atom. The SMILES string of the molecule is C/C=C/CCCCCCCCCCCCCC1=NCCN1CCO. The number of allylic oxidation sites excluding steroid dienone is 2. The van der Waals surface area contributed by atoms with Gasteiger partial charge in [0.25, 0.3) is 0 Å². The summed E-state index contributed by atoms with van der Waals surface area (Å²) in [7, 11) is 0. The summed E-state index contributed by atoms with van der Waals surface area (Å²) in [5.41, 5.74) is 0. The molecule has 3 heteroatoms. The van der Waals surface area contributed by atoms with Crippen molar-refractivity contribution in [3.05, 3.63) is 12.2 Å². The second-order valence-corrected chi connectivity index (χ2v) is 7.01. The predicted molar refractivity (Wildman–Crippen MR) is 106 cm³/mol. The van der Waals surface area contributed by atoms with Gasteiger partial charge in [0.05, 0.1) is 19.0 Å². The maximum atomic E-state index is 9.04. The quantitative estimate of drug-likeness (QED) is 0.305. The summed E-state index contributed by atoms with van der Waals surface area (Å²) in [6.45, 7) is 5.04. The highest BCUT2D eigenvalue weighted by molar-refractivity contribution is 5.83. The Hall–Kier alpha value is -0.830. The summed E-state index contributed by atoms with van der Waals surface area (Å²) in [5.74, 6) is 1.23. The Bertz CT molecular complexity index is 339. The molecule has 0 amide bonds. The van der Waals surface area contributed by atoms with Gasteiger partial charge in [-0.25, -0.2) is 0 Å². The molecule has 0 saturated carbocycles. The minimum absolute atomic E-state index is 0.245. The Morgan fingerprint density at radius 1 is 0.917 bits per heavy atom. The van der Waals surface area contributed by atoms with E-state index in [0.29, 0.717) is 0 Å². The van der Waals surface area contributed by atoms with Crippen molar-refractivity contribution in [2.24, 2.45) is 4.99 Å². The lowest BCUT2D eigenvalue weighted by atomic mass is 10.0. The summed E-state index contributed by atoms with van der Waals surface area (Å²) in [6.07, 6.45) is 22.0. The van der Waals surface area contributed by atoms with Gasteiger partial charge in [-0.05, 0) is 26.2 Å². The number of nitrogens with zero attached hydrogens (tertiary/aromatic N) is 2. The molecule has 0 aromatic carbocycles. The van der Waals surface area contributed by atoms with Gasteiger partial charge in [-0.2, -0.15) is 0 Å². The molecule has 1 rings (SSSR count). The number of aliphatic hydroxyl groups is 1. The van der Waals surface area contributed by atoms with Crippen LogP contribution in [0.3, 0.4) is 0 Å². The van der Waals surface area contributed by atoms with Gasteiger partial charge in [-0.1, -0.05) is 69.9 Å². The smallest absolute Gasteiger partial charge is 0.0991 e. The third-order valence-corrected chi connectivity index (χ3v) is 4.91. The number of amidine groups is 1. The number of aliphatic imine (C=N–C) groups is 1. The van der Waals surface area contributed by atoms with Crippen molar-refractivity contribution in [1.29, 1.82) is 0 Å². The normalized spacial score (nSPS) is 14.8. The molecule has 0 aromatic heterocycles. The van der Waals surface area contributed by atoms with E-state index in [9.17, 15) is 0 Å². The molecular weight excluding hydrogens is 296 g/mol.